The third kappa shape index (κ3) is 7.69. The molecule has 1 aromatic heterocycles. The number of nitrogens with one attached hydrogen (secondary N) is 1. The number of carbonyl (C=O) groups excluding carboxylic acids is 1. The van der Waals surface area contributed by atoms with Crippen molar-refractivity contribution in [2.75, 3.05) is 33.2 Å². The van der Waals surface area contributed by atoms with Gasteiger partial charge in [0.05, 0.1) is 22.1 Å². The van der Waals surface area contributed by atoms with Crippen LogP contribution in [0.5, 0.6) is 11.6 Å². The summed E-state index contributed by atoms with van der Waals surface area (Å²) in [5.41, 5.74) is 1.56. The van der Waals surface area contributed by atoms with Crippen LogP contribution in [0.3, 0.4) is 0 Å². The largest absolute Gasteiger partial charge is 0.481 e. The molecular formula is C29H36FN7O8. The molecule has 0 saturated carbocycles. The van der Waals surface area contributed by atoms with E-state index in [2.05, 4.69) is 32.1 Å². The highest BCUT2D eigenvalue weighted by Crippen LogP contribution is 2.45. The number of rotatable bonds is 8. The summed E-state index contributed by atoms with van der Waals surface area (Å²) in [4.78, 5) is 57.1. The number of nitro groups is 1. The van der Waals surface area contributed by atoms with E-state index in [1.807, 2.05) is 0 Å². The van der Waals surface area contributed by atoms with E-state index < -0.39 is 45.2 Å². The number of allylic oxidation sites excluding steroid dienone is 1. The molecule has 2 aromatic rings. The normalized spacial score (nSPS) is 24.1. The summed E-state index contributed by atoms with van der Waals surface area (Å²) in [7, 11) is 2.15. The first-order chi connectivity index (χ1) is 21.2. The zero-order chi connectivity index (χ0) is 32.9. The number of carboxylic acids is 2. The predicted molar refractivity (Wildman–Crippen MR) is 157 cm³/mol. The van der Waals surface area contributed by atoms with Gasteiger partial charge < -0.3 is 30.9 Å². The Hall–Kier alpha value is -4.70. The molecule has 2 atom stereocenters. The zero-order valence-corrected chi connectivity index (χ0v) is 24.9. The van der Waals surface area contributed by atoms with Crippen LogP contribution in [0.2, 0.25) is 0 Å². The first kappa shape index (κ1) is 33.2. The molecule has 15 nitrogen and oxygen atoms in total. The Balaban J connectivity index is 0.000000256. The highest BCUT2D eigenvalue weighted by Gasteiger charge is 2.51. The van der Waals surface area contributed by atoms with Gasteiger partial charge in [-0.15, -0.1) is 0 Å². The van der Waals surface area contributed by atoms with Crippen LogP contribution in [0.25, 0.3) is 0 Å². The van der Waals surface area contributed by atoms with E-state index in [9.17, 15) is 39.1 Å². The van der Waals surface area contributed by atoms with Crippen LogP contribution >= 0.6 is 0 Å². The van der Waals surface area contributed by atoms with Crippen molar-refractivity contribution in [3.05, 3.63) is 64.4 Å². The Kier molecular flexibility index (Phi) is 9.97. The Morgan fingerprint density at radius 1 is 1.16 bits per heavy atom. The van der Waals surface area contributed by atoms with Gasteiger partial charge >= 0.3 is 18.0 Å². The van der Waals surface area contributed by atoms with E-state index in [1.165, 1.54) is 38.2 Å². The van der Waals surface area contributed by atoms with Crippen LogP contribution in [-0.4, -0.2) is 98.2 Å². The quantitative estimate of drug-likeness (QED) is 0.188. The molecule has 1 aromatic carbocycles. The fourth-order valence-corrected chi connectivity index (χ4v) is 5.86. The molecule has 2 amide bonds. The molecule has 3 heterocycles. The molecule has 16 heteroatoms. The van der Waals surface area contributed by atoms with Crippen molar-refractivity contribution in [2.45, 2.75) is 50.1 Å². The van der Waals surface area contributed by atoms with Crippen molar-refractivity contribution in [3.8, 4) is 11.6 Å². The summed E-state index contributed by atoms with van der Waals surface area (Å²) in [6.45, 7) is 5.96. The fourth-order valence-electron chi connectivity index (χ4n) is 5.86. The van der Waals surface area contributed by atoms with Gasteiger partial charge in [0, 0.05) is 50.4 Å². The monoisotopic (exact) mass is 629 g/mol. The number of primary amides is 1. The smallest absolute Gasteiger partial charge is 0.316 e. The number of amides is 2. The Morgan fingerprint density at radius 3 is 2.40 bits per heavy atom. The number of aliphatic carboxylic acids is 2. The van der Waals surface area contributed by atoms with Crippen LogP contribution in [0.1, 0.15) is 38.3 Å². The first-order valence-electron chi connectivity index (χ1n) is 14.3. The summed E-state index contributed by atoms with van der Waals surface area (Å²) in [6, 6.07) is 4.60. The van der Waals surface area contributed by atoms with Gasteiger partial charge in [-0.1, -0.05) is 12.2 Å². The lowest BCUT2D eigenvalue weighted by molar-refractivity contribution is -0.385. The van der Waals surface area contributed by atoms with Crippen molar-refractivity contribution in [1.29, 1.82) is 0 Å². The molecule has 2 aliphatic heterocycles. The number of nitrogens with zero attached hydrogens (tertiary/aromatic N) is 5. The van der Waals surface area contributed by atoms with E-state index in [0.29, 0.717) is 6.07 Å². The Morgan fingerprint density at radius 2 is 1.84 bits per heavy atom. The molecule has 1 aliphatic carbocycles. The van der Waals surface area contributed by atoms with Crippen LogP contribution in [0.4, 0.5) is 14.9 Å². The predicted octanol–water partition coefficient (Wildman–Crippen LogP) is 2.51. The minimum atomic E-state index is -1.66. The van der Waals surface area contributed by atoms with Crippen LogP contribution in [0, 0.1) is 21.3 Å². The number of non-ortho nitro benzene ring substituents is 1. The second kappa shape index (κ2) is 13.5. The number of likely N-dealkylation sites (tertiary alicyclic amines) is 2. The number of piperidine rings is 1. The van der Waals surface area contributed by atoms with Crippen LogP contribution in [0.15, 0.2) is 42.7 Å². The molecule has 5 N–H and O–H groups in total. The summed E-state index contributed by atoms with van der Waals surface area (Å²) >= 11 is 0. The minimum absolute atomic E-state index is 0.000792. The van der Waals surface area contributed by atoms with Crippen molar-refractivity contribution >= 4 is 23.7 Å². The summed E-state index contributed by atoms with van der Waals surface area (Å²) in [5, 5.41) is 32.9. The lowest BCUT2D eigenvalue weighted by atomic mass is 9.64. The van der Waals surface area contributed by atoms with Gasteiger partial charge in [-0.3, -0.25) is 24.6 Å². The Labute approximate surface area is 258 Å². The summed E-state index contributed by atoms with van der Waals surface area (Å²) < 4.78 is 19.4. The molecule has 45 heavy (non-hydrogen) atoms. The number of ether oxygens (including phenoxy) is 1. The number of hydrogen-bond acceptors (Lipinski definition) is 10. The van der Waals surface area contributed by atoms with Gasteiger partial charge in [0.25, 0.3) is 5.69 Å². The summed E-state index contributed by atoms with van der Waals surface area (Å²) in [6.07, 6.45) is 5.74. The van der Waals surface area contributed by atoms with E-state index in [0.717, 1.165) is 50.4 Å². The number of nitrogens with two attached hydrogens (primary N) is 1. The number of carbonyl (C=O) groups is 3. The topological polar surface area (TPSA) is 214 Å². The molecule has 3 aliphatic rings. The standard InChI is InChI=1S/C19H16FN3O7.C10H20N4O/c1-18(16(24)25)5-2-6-19(9-18,17(26)27)14-8-15(22-10-21-14)30-13-4-3-11(23(28)29)7-12(13)20;1-13-6-9(7-13)14-4-2-8(3-5-14)12-10(11)15/h2-5,7-8,10H,6,9H2,1H3,(H,24,25)(H,26,27);8-9H,2-7H2,1H3,(H3,11,12,15). The number of urea groups is 1. The fraction of sp³-hybridized carbons (Fsp3) is 0.483. The lowest BCUT2D eigenvalue weighted by Gasteiger charge is -2.46. The third-order valence-electron chi connectivity index (χ3n) is 8.43. The number of benzene rings is 1. The maximum atomic E-state index is 14.1. The average molecular weight is 630 g/mol. The highest BCUT2D eigenvalue weighted by atomic mass is 19.1. The van der Waals surface area contributed by atoms with Gasteiger partial charge in [0.2, 0.25) is 5.88 Å². The van der Waals surface area contributed by atoms with Crippen LogP contribution in [-0.2, 0) is 15.0 Å². The number of carboxylic acid groups (broad SMARTS) is 2. The number of halogens is 1. The average Bonchev–Trinajstić information content (AvgIpc) is 2.97. The summed E-state index contributed by atoms with van der Waals surface area (Å²) in [5.74, 6) is -4.00. The number of nitro benzene ring substituents is 1. The Bertz CT molecular complexity index is 1480. The van der Waals surface area contributed by atoms with Crippen molar-refractivity contribution < 1.29 is 38.6 Å². The third-order valence-corrected chi connectivity index (χ3v) is 8.43. The zero-order valence-electron chi connectivity index (χ0n) is 24.9. The van der Waals surface area contributed by atoms with Gasteiger partial charge in [-0.2, -0.15) is 0 Å². The van der Waals surface area contributed by atoms with E-state index in [1.54, 1.807) is 0 Å². The number of aromatic nitrogens is 2. The molecule has 0 radical (unpaired) electrons. The SMILES string of the molecule is CC1(C(=O)O)C=CCC(C(=O)O)(c2cc(Oc3ccc([N+](=O)[O-])cc3F)ncn2)C1.CN1CC(N2CCC(NC(N)=O)CC2)C1. The highest BCUT2D eigenvalue weighted by molar-refractivity contribution is 5.85. The van der Waals surface area contributed by atoms with Crippen molar-refractivity contribution in [1.82, 2.24) is 25.1 Å². The molecule has 0 bridgehead atoms. The second-order valence-corrected chi connectivity index (χ2v) is 11.8. The van der Waals surface area contributed by atoms with Gasteiger partial charge in [-0.25, -0.2) is 19.2 Å². The maximum Gasteiger partial charge on any atom is 0.316 e. The van der Waals surface area contributed by atoms with Crippen LogP contribution < -0.4 is 15.8 Å². The van der Waals surface area contributed by atoms with E-state index in [4.69, 9.17) is 10.5 Å². The van der Waals surface area contributed by atoms with Crippen molar-refractivity contribution in [3.63, 3.8) is 0 Å². The number of likely N-dealkylation sites (N-methyl/N-ethyl adjacent to an activating group) is 1. The van der Waals surface area contributed by atoms with Crippen molar-refractivity contribution in [2.24, 2.45) is 11.1 Å². The second-order valence-electron chi connectivity index (χ2n) is 11.8. The first-order valence-corrected chi connectivity index (χ1v) is 14.3. The minimum Gasteiger partial charge on any atom is -0.481 e. The molecule has 2 fully saturated rings. The maximum absolute atomic E-state index is 14.1. The molecular weight excluding hydrogens is 593 g/mol. The molecule has 2 unspecified atom stereocenters. The van der Waals surface area contributed by atoms with Gasteiger partial charge in [-0.05, 0) is 45.7 Å². The van der Waals surface area contributed by atoms with E-state index >= 15 is 0 Å². The molecule has 5 rings (SSSR count). The number of hydrogen-bond donors (Lipinski definition) is 4. The lowest BCUT2D eigenvalue weighted by Crippen LogP contribution is -2.60. The molecule has 0 spiro atoms. The van der Waals surface area contributed by atoms with E-state index in [-0.39, 0.29) is 36.2 Å². The van der Waals surface area contributed by atoms with Gasteiger partial charge in [0.1, 0.15) is 11.7 Å². The van der Waals surface area contributed by atoms with Gasteiger partial charge in [0.15, 0.2) is 11.6 Å². The molecule has 2 saturated heterocycles. The molecule has 242 valence electrons.